The van der Waals surface area contributed by atoms with Gasteiger partial charge in [0, 0.05) is 18.8 Å². The minimum Gasteiger partial charge on any atom is -0.492 e. The van der Waals surface area contributed by atoms with Crippen LogP contribution in [0.25, 0.3) is 0 Å². The number of fused-ring (bicyclic) bond motifs is 1. The van der Waals surface area contributed by atoms with Gasteiger partial charge in [-0.15, -0.1) is 0 Å². The molecule has 0 aromatic heterocycles. The first-order valence-corrected chi connectivity index (χ1v) is 11.1. The van der Waals surface area contributed by atoms with Gasteiger partial charge in [0.2, 0.25) is 5.91 Å². The fourth-order valence-electron chi connectivity index (χ4n) is 5.19. The number of hydrogen-bond acceptors (Lipinski definition) is 3. The minimum atomic E-state index is -0.537. The quantitative estimate of drug-likeness (QED) is 0.647. The Bertz CT molecular complexity index is 1040. The summed E-state index contributed by atoms with van der Waals surface area (Å²) in [6.07, 6.45) is 1.76. The first-order valence-electron chi connectivity index (χ1n) is 11.1. The molecule has 4 heteroatoms. The Kier molecular flexibility index (Phi) is 5.47. The molecule has 1 N–H and O–H groups in total. The van der Waals surface area contributed by atoms with Crippen molar-refractivity contribution in [2.45, 2.75) is 18.3 Å². The molecule has 158 valence electrons. The van der Waals surface area contributed by atoms with Gasteiger partial charge in [0.25, 0.3) is 0 Å². The van der Waals surface area contributed by atoms with Crippen LogP contribution in [0.2, 0.25) is 0 Å². The lowest BCUT2D eigenvalue weighted by Crippen LogP contribution is -2.51. The Labute approximate surface area is 183 Å². The highest BCUT2D eigenvalue weighted by atomic mass is 16.5. The molecule has 1 unspecified atom stereocenters. The molecule has 2 aliphatic heterocycles. The van der Waals surface area contributed by atoms with Crippen LogP contribution >= 0.6 is 0 Å². The summed E-state index contributed by atoms with van der Waals surface area (Å²) in [5.41, 5.74) is 2.75. The largest absolute Gasteiger partial charge is 0.492 e. The second kappa shape index (κ2) is 8.56. The first kappa shape index (κ1) is 19.8. The van der Waals surface area contributed by atoms with Crippen LogP contribution in [0.15, 0.2) is 84.9 Å². The summed E-state index contributed by atoms with van der Waals surface area (Å²) >= 11 is 0. The molecule has 1 saturated heterocycles. The molecule has 0 aliphatic carbocycles. The van der Waals surface area contributed by atoms with Crippen molar-refractivity contribution in [1.82, 2.24) is 4.90 Å². The first-order chi connectivity index (χ1) is 15.3. The third-order valence-electron chi connectivity index (χ3n) is 6.82. The van der Waals surface area contributed by atoms with E-state index in [0.29, 0.717) is 6.61 Å². The summed E-state index contributed by atoms with van der Waals surface area (Å²) in [5, 5.41) is 3.22. The van der Waals surface area contributed by atoms with E-state index >= 15 is 0 Å². The van der Waals surface area contributed by atoms with Gasteiger partial charge < -0.3 is 10.1 Å². The molecule has 4 nitrogen and oxygen atoms in total. The molecule has 31 heavy (non-hydrogen) atoms. The van der Waals surface area contributed by atoms with Crippen LogP contribution in [0.4, 0.5) is 5.69 Å². The molecule has 0 bridgehead atoms. The number of hydrogen-bond donors (Lipinski definition) is 1. The highest BCUT2D eigenvalue weighted by Crippen LogP contribution is 2.45. The summed E-state index contributed by atoms with van der Waals surface area (Å²) in [6, 6.07) is 28.5. The molecule has 2 atom stereocenters. The number of nitrogens with zero attached hydrogens (tertiary/aromatic N) is 1. The fourth-order valence-corrected chi connectivity index (χ4v) is 5.19. The SMILES string of the molecule is O=C1Nc2ccccc2CC1(c1ccccc1)[C@@H]1CCN(CCOc2ccccc2)C1. The lowest BCUT2D eigenvalue weighted by Gasteiger charge is -2.42. The van der Waals surface area contributed by atoms with Gasteiger partial charge in [-0.2, -0.15) is 0 Å². The zero-order valence-corrected chi connectivity index (χ0v) is 17.7. The second-order valence-corrected chi connectivity index (χ2v) is 8.57. The van der Waals surface area contributed by atoms with Crippen LogP contribution < -0.4 is 10.1 Å². The summed E-state index contributed by atoms with van der Waals surface area (Å²) in [4.78, 5) is 16.1. The van der Waals surface area contributed by atoms with Crippen molar-refractivity contribution in [3.63, 3.8) is 0 Å². The molecule has 1 fully saturated rings. The van der Waals surface area contributed by atoms with Gasteiger partial charge in [-0.25, -0.2) is 0 Å². The molecule has 0 radical (unpaired) electrons. The van der Waals surface area contributed by atoms with E-state index in [2.05, 4.69) is 34.5 Å². The monoisotopic (exact) mass is 412 g/mol. The van der Waals surface area contributed by atoms with Gasteiger partial charge in [0.1, 0.15) is 12.4 Å². The Morgan fingerprint density at radius 1 is 0.935 bits per heavy atom. The maximum Gasteiger partial charge on any atom is 0.235 e. The van der Waals surface area contributed by atoms with Crippen LogP contribution in [0.1, 0.15) is 17.5 Å². The summed E-state index contributed by atoms with van der Waals surface area (Å²) < 4.78 is 5.91. The smallest absolute Gasteiger partial charge is 0.235 e. The number of rotatable bonds is 6. The van der Waals surface area contributed by atoms with E-state index in [-0.39, 0.29) is 11.8 Å². The Morgan fingerprint density at radius 3 is 2.45 bits per heavy atom. The predicted molar refractivity (Wildman–Crippen MR) is 123 cm³/mol. The van der Waals surface area contributed by atoms with Gasteiger partial charge in [-0.05, 0) is 54.6 Å². The zero-order valence-electron chi connectivity index (χ0n) is 17.7. The van der Waals surface area contributed by atoms with Crippen molar-refractivity contribution in [2.24, 2.45) is 5.92 Å². The molecule has 3 aromatic rings. The average molecular weight is 413 g/mol. The normalized spacial score (nSPS) is 23.2. The number of nitrogens with one attached hydrogen (secondary N) is 1. The van der Waals surface area contributed by atoms with Gasteiger partial charge in [-0.3, -0.25) is 9.69 Å². The molecule has 1 amide bonds. The zero-order chi connectivity index (χ0) is 21.1. The number of anilines is 1. The van der Waals surface area contributed by atoms with E-state index in [4.69, 9.17) is 4.74 Å². The third kappa shape index (κ3) is 3.84. The Morgan fingerprint density at radius 2 is 1.65 bits per heavy atom. The van der Waals surface area contributed by atoms with E-state index in [0.717, 1.165) is 49.5 Å². The Balaban J connectivity index is 1.36. The van der Waals surface area contributed by atoms with Gasteiger partial charge in [0.15, 0.2) is 0 Å². The van der Waals surface area contributed by atoms with Crippen molar-refractivity contribution in [3.8, 4) is 5.75 Å². The van der Waals surface area contributed by atoms with Gasteiger partial charge in [-0.1, -0.05) is 66.7 Å². The fraction of sp³-hybridized carbons (Fsp3) is 0.296. The van der Waals surface area contributed by atoms with Crippen LogP contribution in [0.5, 0.6) is 5.75 Å². The lowest BCUT2D eigenvalue weighted by molar-refractivity contribution is -0.124. The van der Waals surface area contributed by atoms with Crippen molar-refractivity contribution in [3.05, 3.63) is 96.1 Å². The van der Waals surface area contributed by atoms with Gasteiger partial charge in [0.05, 0.1) is 5.41 Å². The molecule has 3 aromatic carbocycles. The molecule has 2 heterocycles. The number of para-hydroxylation sites is 2. The predicted octanol–water partition coefficient (Wildman–Crippen LogP) is 4.52. The standard InChI is InChI=1S/C27H28N2O2/c30-26-27(22-10-3-1-4-11-22,19-21-9-7-8-14-25(21)28-26)23-15-16-29(20-23)17-18-31-24-12-5-2-6-13-24/h1-14,23H,15-20H2,(H,28,30)/t23-,27?/m1/s1. The molecule has 0 saturated carbocycles. The number of ether oxygens (including phenoxy) is 1. The van der Waals surface area contributed by atoms with Crippen molar-refractivity contribution in [1.29, 1.82) is 0 Å². The number of likely N-dealkylation sites (tertiary alicyclic amines) is 1. The molecule has 5 rings (SSSR count). The maximum absolute atomic E-state index is 13.6. The molecular weight excluding hydrogens is 384 g/mol. The maximum atomic E-state index is 13.6. The van der Waals surface area contributed by atoms with E-state index in [9.17, 15) is 4.79 Å². The summed E-state index contributed by atoms with van der Waals surface area (Å²) in [7, 11) is 0. The van der Waals surface area contributed by atoms with E-state index < -0.39 is 5.41 Å². The molecule has 2 aliphatic rings. The highest BCUT2D eigenvalue weighted by molar-refractivity contribution is 6.02. The van der Waals surface area contributed by atoms with Crippen molar-refractivity contribution < 1.29 is 9.53 Å². The number of benzene rings is 3. The third-order valence-corrected chi connectivity index (χ3v) is 6.82. The molecule has 0 spiro atoms. The average Bonchev–Trinajstić information content (AvgIpc) is 3.29. The van der Waals surface area contributed by atoms with Crippen LogP contribution in [0, 0.1) is 5.92 Å². The number of amides is 1. The van der Waals surface area contributed by atoms with Crippen LogP contribution in [-0.4, -0.2) is 37.0 Å². The van der Waals surface area contributed by atoms with Crippen LogP contribution in [0.3, 0.4) is 0 Å². The van der Waals surface area contributed by atoms with E-state index in [1.807, 2.05) is 60.7 Å². The number of carbonyl (C=O) groups excluding carboxylic acids is 1. The van der Waals surface area contributed by atoms with E-state index in [1.165, 1.54) is 5.56 Å². The highest BCUT2D eigenvalue weighted by Gasteiger charge is 2.51. The van der Waals surface area contributed by atoms with Crippen molar-refractivity contribution in [2.75, 3.05) is 31.6 Å². The second-order valence-electron chi connectivity index (χ2n) is 8.57. The lowest BCUT2D eigenvalue weighted by atomic mass is 9.64. The Hall–Kier alpha value is -3.11. The van der Waals surface area contributed by atoms with Crippen molar-refractivity contribution >= 4 is 11.6 Å². The van der Waals surface area contributed by atoms with Gasteiger partial charge >= 0.3 is 0 Å². The van der Waals surface area contributed by atoms with E-state index in [1.54, 1.807) is 0 Å². The topological polar surface area (TPSA) is 41.6 Å². The summed E-state index contributed by atoms with van der Waals surface area (Å²) in [6.45, 7) is 3.42. The number of carbonyl (C=O) groups is 1. The van der Waals surface area contributed by atoms with Crippen LogP contribution in [-0.2, 0) is 16.6 Å². The minimum absolute atomic E-state index is 0.129. The summed E-state index contributed by atoms with van der Waals surface area (Å²) in [5.74, 6) is 1.30. The molecular formula is C27H28N2O2.